The van der Waals surface area contributed by atoms with E-state index in [2.05, 4.69) is 82.1 Å². The van der Waals surface area contributed by atoms with E-state index in [0.29, 0.717) is 11.6 Å². The van der Waals surface area contributed by atoms with Gasteiger partial charge in [-0.3, -0.25) is 9.69 Å². The van der Waals surface area contributed by atoms with Crippen molar-refractivity contribution in [1.82, 2.24) is 19.8 Å². The molecular formula is C32H40ClN5O. The second-order valence-corrected chi connectivity index (χ2v) is 11.9. The van der Waals surface area contributed by atoms with Crippen LogP contribution in [0.4, 0.5) is 5.69 Å². The van der Waals surface area contributed by atoms with Gasteiger partial charge in [0.1, 0.15) is 6.33 Å². The molecule has 1 amide bonds. The normalized spacial score (nSPS) is 18.2. The van der Waals surface area contributed by atoms with Crippen LogP contribution in [0.25, 0.3) is 0 Å². The number of hydrogen-bond donors (Lipinski definition) is 0. The van der Waals surface area contributed by atoms with Crippen LogP contribution >= 0.6 is 11.6 Å². The zero-order chi connectivity index (χ0) is 27.6. The summed E-state index contributed by atoms with van der Waals surface area (Å²) in [4.78, 5) is 29.0. The Morgan fingerprint density at radius 2 is 1.62 bits per heavy atom. The lowest BCUT2D eigenvalue weighted by molar-refractivity contribution is 0.0170. The summed E-state index contributed by atoms with van der Waals surface area (Å²) in [6, 6.07) is 17.6. The number of piperidine rings is 2. The Morgan fingerprint density at radius 3 is 2.23 bits per heavy atom. The molecule has 5 rings (SSSR count). The van der Waals surface area contributed by atoms with E-state index < -0.39 is 0 Å². The van der Waals surface area contributed by atoms with Gasteiger partial charge in [0, 0.05) is 55.0 Å². The van der Waals surface area contributed by atoms with Crippen molar-refractivity contribution in [1.29, 1.82) is 0 Å². The van der Waals surface area contributed by atoms with Gasteiger partial charge in [-0.05, 0) is 76.6 Å². The van der Waals surface area contributed by atoms with Crippen molar-refractivity contribution in [2.24, 2.45) is 0 Å². The third-order valence-corrected chi connectivity index (χ3v) is 9.33. The van der Waals surface area contributed by atoms with E-state index >= 15 is 0 Å². The number of nitrogens with zero attached hydrogens (tertiary/aromatic N) is 5. The minimum absolute atomic E-state index is 0.0691. The quantitative estimate of drug-likeness (QED) is 0.368. The zero-order valence-corrected chi connectivity index (χ0v) is 24.4. The minimum atomic E-state index is 0.0691. The molecule has 2 aromatic carbocycles. The van der Waals surface area contributed by atoms with Crippen LogP contribution in [0.3, 0.4) is 0 Å². The van der Waals surface area contributed by atoms with Crippen LogP contribution < -0.4 is 4.90 Å². The van der Waals surface area contributed by atoms with Crippen molar-refractivity contribution < 1.29 is 4.79 Å². The van der Waals surface area contributed by atoms with Gasteiger partial charge in [-0.25, -0.2) is 9.97 Å². The van der Waals surface area contributed by atoms with E-state index in [1.807, 2.05) is 18.7 Å². The van der Waals surface area contributed by atoms with Crippen LogP contribution in [0.5, 0.6) is 0 Å². The molecule has 206 valence electrons. The van der Waals surface area contributed by atoms with Gasteiger partial charge in [-0.1, -0.05) is 48.0 Å². The first-order valence-electron chi connectivity index (χ1n) is 14.1. The summed E-state index contributed by atoms with van der Waals surface area (Å²) < 4.78 is 0. The SMILES string of the molecule is Cc1ccc(N(Cc2ccccc2)C2CCN(C3(C)CCN(C(=O)c4c(C)ncnc4C)CC3)CC2)cc1Cl. The summed E-state index contributed by atoms with van der Waals surface area (Å²) in [7, 11) is 0. The number of likely N-dealkylation sites (tertiary alicyclic amines) is 2. The summed E-state index contributed by atoms with van der Waals surface area (Å²) in [5.74, 6) is 0.0691. The van der Waals surface area contributed by atoms with E-state index in [1.165, 1.54) is 17.6 Å². The molecule has 2 fully saturated rings. The largest absolute Gasteiger partial charge is 0.364 e. The van der Waals surface area contributed by atoms with Crippen molar-refractivity contribution in [3.8, 4) is 0 Å². The van der Waals surface area contributed by atoms with Crippen molar-refractivity contribution in [3.05, 3.63) is 88.0 Å². The van der Waals surface area contributed by atoms with E-state index in [9.17, 15) is 4.79 Å². The van der Waals surface area contributed by atoms with E-state index in [0.717, 1.165) is 80.4 Å². The first-order valence-corrected chi connectivity index (χ1v) is 14.5. The van der Waals surface area contributed by atoms with Crippen LogP contribution in [0.2, 0.25) is 5.02 Å². The van der Waals surface area contributed by atoms with Gasteiger partial charge in [0.25, 0.3) is 5.91 Å². The molecule has 2 saturated heterocycles. The number of benzene rings is 2. The van der Waals surface area contributed by atoms with E-state index in [4.69, 9.17) is 11.6 Å². The van der Waals surface area contributed by atoms with Gasteiger partial charge in [0.2, 0.25) is 0 Å². The summed E-state index contributed by atoms with van der Waals surface area (Å²) in [5, 5.41) is 0.823. The molecule has 0 atom stereocenters. The standard InChI is InChI=1S/C32H40ClN5O/c1-23-10-11-28(20-29(23)33)38(21-26-8-6-5-7-9-26)27-12-16-37(17-13-27)32(4)14-18-36(19-15-32)31(39)30-24(2)34-22-35-25(30)3/h5-11,20,22,27H,12-19,21H2,1-4H3. The lowest BCUT2D eigenvalue weighted by atomic mass is 9.85. The molecule has 1 aromatic heterocycles. The fraction of sp³-hybridized carbons (Fsp3) is 0.469. The Balaban J connectivity index is 1.24. The van der Waals surface area contributed by atoms with Crippen molar-refractivity contribution in [2.45, 2.75) is 71.5 Å². The maximum Gasteiger partial charge on any atom is 0.257 e. The highest BCUT2D eigenvalue weighted by Crippen LogP contribution is 2.35. The predicted molar refractivity (Wildman–Crippen MR) is 158 cm³/mol. The lowest BCUT2D eigenvalue weighted by Crippen LogP contribution is -2.58. The fourth-order valence-corrected chi connectivity index (χ4v) is 6.43. The van der Waals surface area contributed by atoms with E-state index in [1.54, 1.807) is 0 Å². The zero-order valence-electron chi connectivity index (χ0n) is 23.7. The third-order valence-electron chi connectivity index (χ3n) is 8.92. The number of anilines is 1. The molecule has 0 spiro atoms. The number of carbonyl (C=O) groups excluding carboxylic acids is 1. The van der Waals surface area contributed by atoms with Crippen LogP contribution in [0.15, 0.2) is 54.9 Å². The fourth-order valence-electron chi connectivity index (χ4n) is 6.26. The van der Waals surface area contributed by atoms with Gasteiger partial charge in [-0.2, -0.15) is 0 Å². The summed E-state index contributed by atoms with van der Waals surface area (Å²) in [6.07, 6.45) is 5.71. The number of hydrogen-bond acceptors (Lipinski definition) is 5. The Labute approximate surface area is 238 Å². The van der Waals surface area contributed by atoms with Gasteiger partial charge < -0.3 is 9.80 Å². The van der Waals surface area contributed by atoms with Crippen molar-refractivity contribution >= 4 is 23.2 Å². The third kappa shape index (κ3) is 5.97. The molecule has 6 nitrogen and oxygen atoms in total. The molecule has 3 heterocycles. The van der Waals surface area contributed by atoms with Gasteiger partial charge in [0.05, 0.1) is 17.0 Å². The van der Waals surface area contributed by atoms with Crippen LogP contribution in [0.1, 0.15) is 65.5 Å². The number of amides is 1. The number of aryl methyl sites for hydroxylation is 3. The average molecular weight is 546 g/mol. The Kier molecular flexibility index (Phi) is 8.24. The average Bonchev–Trinajstić information content (AvgIpc) is 2.94. The first kappa shape index (κ1) is 27.6. The van der Waals surface area contributed by atoms with E-state index in [-0.39, 0.29) is 11.4 Å². The van der Waals surface area contributed by atoms with Crippen LogP contribution in [-0.4, -0.2) is 63.4 Å². The summed E-state index contributed by atoms with van der Waals surface area (Å²) >= 11 is 6.56. The molecule has 0 aliphatic carbocycles. The number of halogens is 1. The second-order valence-electron chi connectivity index (χ2n) is 11.5. The molecule has 0 bridgehead atoms. The predicted octanol–water partition coefficient (Wildman–Crippen LogP) is 6.22. The number of aromatic nitrogens is 2. The summed E-state index contributed by atoms with van der Waals surface area (Å²) in [5.41, 5.74) is 5.91. The van der Waals surface area contributed by atoms with Gasteiger partial charge in [0.15, 0.2) is 0 Å². The minimum Gasteiger partial charge on any atom is -0.364 e. The monoisotopic (exact) mass is 545 g/mol. The smallest absolute Gasteiger partial charge is 0.257 e. The highest BCUT2D eigenvalue weighted by atomic mass is 35.5. The molecule has 39 heavy (non-hydrogen) atoms. The Hall–Kier alpha value is -2.96. The lowest BCUT2D eigenvalue weighted by Gasteiger charge is -2.50. The van der Waals surface area contributed by atoms with Crippen LogP contribution in [-0.2, 0) is 6.54 Å². The first-order chi connectivity index (χ1) is 18.7. The molecule has 2 aliphatic rings. The van der Waals surface area contributed by atoms with Gasteiger partial charge in [-0.15, -0.1) is 0 Å². The molecule has 0 N–H and O–H groups in total. The molecule has 2 aliphatic heterocycles. The number of rotatable bonds is 6. The number of carbonyl (C=O) groups is 1. The highest BCUT2D eigenvalue weighted by Gasteiger charge is 2.39. The molecular weight excluding hydrogens is 506 g/mol. The molecule has 0 saturated carbocycles. The maximum atomic E-state index is 13.3. The Bertz CT molecular complexity index is 1280. The topological polar surface area (TPSA) is 52.6 Å². The van der Waals surface area contributed by atoms with Crippen LogP contribution in [0, 0.1) is 20.8 Å². The molecule has 7 heteroatoms. The molecule has 0 unspecified atom stereocenters. The highest BCUT2D eigenvalue weighted by molar-refractivity contribution is 6.31. The molecule has 0 radical (unpaired) electrons. The molecule has 3 aromatic rings. The second kappa shape index (κ2) is 11.6. The summed E-state index contributed by atoms with van der Waals surface area (Å²) in [6.45, 7) is 12.8. The van der Waals surface area contributed by atoms with Crippen molar-refractivity contribution in [2.75, 3.05) is 31.1 Å². The van der Waals surface area contributed by atoms with Gasteiger partial charge >= 0.3 is 0 Å². The maximum absolute atomic E-state index is 13.3. The van der Waals surface area contributed by atoms with Crippen molar-refractivity contribution in [3.63, 3.8) is 0 Å². The Morgan fingerprint density at radius 1 is 0.974 bits per heavy atom.